The van der Waals surface area contributed by atoms with Crippen LogP contribution in [0.5, 0.6) is 5.75 Å². The van der Waals surface area contributed by atoms with Crippen molar-refractivity contribution >= 4 is 35.0 Å². The second-order valence-electron chi connectivity index (χ2n) is 6.79. The van der Waals surface area contributed by atoms with Gasteiger partial charge in [-0.1, -0.05) is 29.8 Å². The van der Waals surface area contributed by atoms with Gasteiger partial charge in [0.1, 0.15) is 12.4 Å². The molecule has 6 nitrogen and oxygen atoms in total. The smallest absolute Gasteiger partial charge is 0.261 e. The third kappa shape index (κ3) is 3.77. The lowest BCUT2D eigenvalue weighted by molar-refractivity contribution is 0.0693. The molecule has 0 saturated heterocycles. The molecule has 3 aromatic rings. The topological polar surface area (TPSA) is 75.7 Å². The Kier molecular flexibility index (Phi) is 5.25. The minimum absolute atomic E-state index is 0.235. The van der Waals surface area contributed by atoms with Gasteiger partial charge in [0.15, 0.2) is 0 Å². The summed E-state index contributed by atoms with van der Waals surface area (Å²) in [5, 5.41) is 3.41. The van der Waals surface area contributed by atoms with Crippen molar-refractivity contribution in [1.29, 1.82) is 0 Å². The number of rotatable bonds is 5. The van der Waals surface area contributed by atoms with Gasteiger partial charge >= 0.3 is 0 Å². The van der Waals surface area contributed by atoms with Crippen LogP contribution in [0.2, 0.25) is 5.02 Å². The molecule has 30 heavy (non-hydrogen) atoms. The highest BCUT2D eigenvalue weighted by atomic mass is 35.5. The van der Waals surface area contributed by atoms with Gasteiger partial charge in [-0.05, 0) is 48.5 Å². The van der Waals surface area contributed by atoms with Crippen LogP contribution in [-0.4, -0.2) is 29.7 Å². The van der Waals surface area contributed by atoms with E-state index in [0.717, 1.165) is 10.5 Å². The Morgan fingerprint density at radius 1 is 0.967 bits per heavy atom. The van der Waals surface area contributed by atoms with E-state index >= 15 is 0 Å². The number of carbonyl (C=O) groups excluding carboxylic acids is 3. The van der Waals surface area contributed by atoms with Crippen molar-refractivity contribution < 1.29 is 19.1 Å². The van der Waals surface area contributed by atoms with E-state index in [4.69, 9.17) is 16.3 Å². The number of carbonyl (C=O) groups is 3. The van der Waals surface area contributed by atoms with Gasteiger partial charge in [0.05, 0.1) is 11.1 Å². The highest BCUT2D eigenvalue weighted by molar-refractivity contribution is 6.31. The van der Waals surface area contributed by atoms with E-state index in [9.17, 15) is 14.4 Å². The van der Waals surface area contributed by atoms with Crippen molar-refractivity contribution in [2.24, 2.45) is 0 Å². The van der Waals surface area contributed by atoms with Crippen molar-refractivity contribution in [2.75, 3.05) is 12.4 Å². The molecule has 0 spiro atoms. The summed E-state index contributed by atoms with van der Waals surface area (Å²) < 4.78 is 5.73. The molecule has 1 heterocycles. The van der Waals surface area contributed by atoms with Crippen LogP contribution in [0.15, 0.2) is 66.7 Å². The number of fused-ring (bicyclic) bond motifs is 1. The van der Waals surface area contributed by atoms with Gasteiger partial charge in [-0.15, -0.1) is 0 Å². The van der Waals surface area contributed by atoms with E-state index < -0.39 is 5.91 Å². The molecule has 0 atom stereocenters. The number of hydrogen-bond donors (Lipinski definition) is 1. The number of anilines is 1. The molecule has 4 rings (SSSR count). The zero-order chi connectivity index (χ0) is 21.3. The van der Waals surface area contributed by atoms with Crippen LogP contribution in [0, 0.1) is 0 Å². The fourth-order valence-corrected chi connectivity index (χ4v) is 3.31. The molecule has 3 aromatic carbocycles. The molecule has 150 valence electrons. The molecule has 0 fully saturated rings. The normalized spacial score (nSPS) is 12.7. The largest absolute Gasteiger partial charge is 0.489 e. The Balaban J connectivity index is 1.41. The minimum atomic E-state index is -0.412. The van der Waals surface area contributed by atoms with Crippen LogP contribution in [0.4, 0.5) is 5.69 Å². The average molecular weight is 421 g/mol. The second-order valence-corrected chi connectivity index (χ2v) is 7.20. The zero-order valence-electron chi connectivity index (χ0n) is 16.0. The molecule has 3 amide bonds. The van der Waals surface area contributed by atoms with Crippen molar-refractivity contribution in [3.8, 4) is 5.75 Å². The number of halogens is 1. The van der Waals surface area contributed by atoms with E-state index in [1.54, 1.807) is 30.3 Å². The Morgan fingerprint density at radius 3 is 2.40 bits per heavy atom. The summed E-state index contributed by atoms with van der Waals surface area (Å²) in [5.41, 5.74) is 2.29. The third-order valence-corrected chi connectivity index (χ3v) is 5.18. The summed E-state index contributed by atoms with van der Waals surface area (Å²) in [6, 6.07) is 18.8. The molecular formula is C23H17ClN2O4. The average Bonchev–Trinajstić information content (AvgIpc) is 2.98. The molecule has 0 radical (unpaired) electrons. The molecule has 0 aromatic heterocycles. The van der Waals surface area contributed by atoms with Crippen molar-refractivity contribution in [1.82, 2.24) is 4.90 Å². The molecule has 0 unspecified atom stereocenters. The molecule has 1 N–H and O–H groups in total. The summed E-state index contributed by atoms with van der Waals surface area (Å²) in [6.45, 7) is 0.335. The van der Waals surface area contributed by atoms with Crippen LogP contribution in [0.1, 0.15) is 36.6 Å². The van der Waals surface area contributed by atoms with E-state index in [-0.39, 0.29) is 17.4 Å². The molecule has 1 aliphatic heterocycles. The van der Waals surface area contributed by atoms with Crippen LogP contribution >= 0.6 is 11.6 Å². The number of nitrogens with one attached hydrogen (secondary N) is 1. The van der Waals surface area contributed by atoms with Crippen molar-refractivity contribution in [3.63, 3.8) is 0 Å². The number of nitrogens with zero attached hydrogens (tertiary/aromatic N) is 1. The molecule has 0 aliphatic carbocycles. The maximum Gasteiger partial charge on any atom is 0.261 e. The zero-order valence-corrected chi connectivity index (χ0v) is 16.8. The van der Waals surface area contributed by atoms with Crippen LogP contribution in [-0.2, 0) is 6.61 Å². The fourth-order valence-electron chi connectivity index (χ4n) is 3.12. The number of imide groups is 1. The summed E-state index contributed by atoms with van der Waals surface area (Å²) >= 11 is 6.12. The lowest BCUT2D eigenvalue weighted by Crippen LogP contribution is -2.24. The lowest BCUT2D eigenvalue weighted by atomic mass is 10.1. The van der Waals surface area contributed by atoms with Gasteiger partial charge in [0.25, 0.3) is 17.7 Å². The first-order valence-corrected chi connectivity index (χ1v) is 9.56. The molecular weight excluding hydrogens is 404 g/mol. The van der Waals surface area contributed by atoms with E-state index in [2.05, 4.69) is 5.32 Å². The van der Waals surface area contributed by atoms with Crippen LogP contribution in [0.3, 0.4) is 0 Å². The predicted molar refractivity (Wildman–Crippen MR) is 113 cm³/mol. The molecule has 7 heteroatoms. The van der Waals surface area contributed by atoms with Gasteiger partial charge in [0.2, 0.25) is 0 Å². The first kappa shape index (κ1) is 19.7. The van der Waals surface area contributed by atoms with Crippen molar-refractivity contribution in [3.05, 3.63) is 94.0 Å². The minimum Gasteiger partial charge on any atom is -0.489 e. The van der Waals surface area contributed by atoms with E-state index in [0.29, 0.717) is 34.2 Å². The summed E-state index contributed by atoms with van der Waals surface area (Å²) in [5.74, 6) is -0.519. The monoisotopic (exact) mass is 420 g/mol. The van der Waals surface area contributed by atoms with Gasteiger partial charge in [0, 0.05) is 28.9 Å². The Bertz CT molecular complexity index is 1160. The predicted octanol–water partition coefficient (Wildman–Crippen LogP) is 4.40. The first-order valence-electron chi connectivity index (χ1n) is 9.18. The molecule has 0 saturated carbocycles. The fraction of sp³-hybridized carbons (Fsp3) is 0.0870. The molecule has 1 aliphatic rings. The Labute approximate surface area is 178 Å². The standard InChI is InChI=1S/C23H17ClN2O4/c1-26-22(28)18-11-6-14(12-19(18)23(26)29)21(27)25-16-7-9-17(10-8-16)30-13-15-4-2-3-5-20(15)24/h2-12H,13H2,1H3,(H,25,27). The highest BCUT2D eigenvalue weighted by Gasteiger charge is 2.33. The SMILES string of the molecule is CN1C(=O)c2ccc(C(=O)Nc3ccc(OCc4ccccc4Cl)cc3)cc2C1=O. The quantitative estimate of drug-likeness (QED) is 0.621. The van der Waals surface area contributed by atoms with Gasteiger partial charge in [-0.2, -0.15) is 0 Å². The summed E-state index contributed by atoms with van der Waals surface area (Å²) in [7, 11) is 1.42. The number of benzene rings is 3. The van der Waals surface area contributed by atoms with Gasteiger partial charge < -0.3 is 10.1 Å². The number of hydrogen-bond acceptors (Lipinski definition) is 4. The third-order valence-electron chi connectivity index (χ3n) is 4.82. The second kappa shape index (κ2) is 8.00. The van der Waals surface area contributed by atoms with Crippen LogP contribution < -0.4 is 10.1 Å². The molecule has 0 bridgehead atoms. The van der Waals surface area contributed by atoms with Crippen molar-refractivity contribution in [2.45, 2.75) is 6.61 Å². The lowest BCUT2D eigenvalue weighted by Gasteiger charge is -2.10. The summed E-state index contributed by atoms with van der Waals surface area (Å²) in [4.78, 5) is 37.7. The van der Waals surface area contributed by atoms with Gasteiger partial charge in [-0.25, -0.2) is 0 Å². The van der Waals surface area contributed by atoms with E-state index in [1.165, 1.54) is 25.2 Å². The number of amides is 3. The maximum absolute atomic E-state index is 12.5. The Morgan fingerprint density at radius 2 is 1.67 bits per heavy atom. The van der Waals surface area contributed by atoms with Gasteiger partial charge in [-0.3, -0.25) is 19.3 Å². The first-order chi connectivity index (χ1) is 14.4. The van der Waals surface area contributed by atoms with E-state index in [1.807, 2.05) is 18.2 Å². The summed E-state index contributed by atoms with van der Waals surface area (Å²) in [6.07, 6.45) is 0. The Hall–Kier alpha value is -3.64. The maximum atomic E-state index is 12.5. The highest BCUT2D eigenvalue weighted by Crippen LogP contribution is 2.24. The number of ether oxygens (including phenoxy) is 1. The van der Waals surface area contributed by atoms with Crippen LogP contribution in [0.25, 0.3) is 0 Å².